The molecule has 142 valence electrons. The molecule has 0 bridgehead atoms. The van der Waals surface area contributed by atoms with E-state index >= 15 is 0 Å². The first-order valence-corrected chi connectivity index (χ1v) is 9.22. The minimum Gasteiger partial charge on any atom is -0.326 e. The number of nitrogens with one attached hydrogen (secondary N) is 1. The zero-order chi connectivity index (χ0) is 19.9. The Labute approximate surface area is 165 Å². The van der Waals surface area contributed by atoms with E-state index in [-0.39, 0.29) is 17.7 Å². The Balaban J connectivity index is 1.90. The van der Waals surface area contributed by atoms with Gasteiger partial charge in [0.1, 0.15) is 5.82 Å². The number of nitrogens with zero attached hydrogens (tertiary/aromatic N) is 2. The second-order valence-corrected chi connectivity index (χ2v) is 6.79. The fourth-order valence-corrected chi connectivity index (χ4v) is 2.71. The highest BCUT2D eigenvalue weighted by Crippen LogP contribution is 2.20. The Morgan fingerprint density at radius 3 is 2.39 bits per heavy atom. The van der Waals surface area contributed by atoms with Crippen molar-refractivity contribution in [2.45, 2.75) is 20.4 Å². The third-order valence-corrected chi connectivity index (χ3v) is 4.26. The summed E-state index contributed by atoms with van der Waals surface area (Å²) in [6.07, 6.45) is 1.67. The van der Waals surface area contributed by atoms with Gasteiger partial charge in [0.25, 0.3) is 5.91 Å². The maximum Gasteiger partial charge on any atom is 0.259 e. The number of carbonyl (C=O) groups excluding carboxylic acids is 2. The van der Waals surface area contributed by atoms with Crippen LogP contribution in [0.5, 0.6) is 0 Å². The summed E-state index contributed by atoms with van der Waals surface area (Å²) in [5.74, 6) is 0.175. The minimum absolute atomic E-state index is 0.0875. The number of carbonyl (C=O) groups is 2. The van der Waals surface area contributed by atoms with Crippen LogP contribution < -0.4 is 10.2 Å². The molecule has 0 saturated heterocycles. The second kappa shape index (κ2) is 8.95. The zero-order valence-corrected chi connectivity index (χ0v) is 16.0. The third-order valence-electron chi connectivity index (χ3n) is 4.26. The number of anilines is 2. The van der Waals surface area contributed by atoms with Gasteiger partial charge in [-0.3, -0.25) is 14.5 Å². The summed E-state index contributed by atoms with van der Waals surface area (Å²) in [7, 11) is 0. The van der Waals surface area contributed by atoms with E-state index in [9.17, 15) is 9.59 Å². The Kier molecular flexibility index (Phi) is 6.17. The number of pyridine rings is 1. The number of amides is 2. The summed E-state index contributed by atoms with van der Waals surface area (Å²) in [5, 5.41) is 2.84. The van der Waals surface area contributed by atoms with Crippen molar-refractivity contribution in [3.63, 3.8) is 0 Å². The van der Waals surface area contributed by atoms with Crippen LogP contribution in [-0.2, 0) is 11.3 Å². The van der Waals surface area contributed by atoms with Crippen LogP contribution in [0, 0.1) is 5.92 Å². The van der Waals surface area contributed by atoms with Crippen molar-refractivity contribution in [1.29, 1.82) is 0 Å². The molecule has 1 heterocycles. The molecule has 0 radical (unpaired) electrons. The van der Waals surface area contributed by atoms with Gasteiger partial charge in [0, 0.05) is 23.4 Å². The third kappa shape index (κ3) is 4.82. The zero-order valence-electron chi connectivity index (χ0n) is 16.0. The molecule has 0 aliphatic heterocycles. The Hall–Kier alpha value is -3.47. The van der Waals surface area contributed by atoms with Gasteiger partial charge in [0.05, 0.1) is 6.54 Å². The van der Waals surface area contributed by atoms with Crippen LogP contribution in [0.2, 0.25) is 0 Å². The largest absolute Gasteiger partial charge is 0.326 e. The van der Waals surface area contributed by atoms with E-state index in [0.717, 1.165) is 5.56 Å². The monoisotopic (exact) mass is 373 g/mol. The number of aromatic nitrogens is 1. The first-order chi connectivity index (χ1) is 13.5. The molecule has 0 atom stereocenters. The molecule has 5 nitrogen and oxygen atoms in total. The van der Waals surface area contributed by atoms with E-state index in [2.05, 4.69) is 10.3 Å². The molecule has 0 aliphatic rings. The van der Waals surface area contributed by atoms with Gasteiger partial charge < -0.3 is 5.32 Å². The van der Waals surface area contributed by atoms with Crippen molar-refractivity contribution < 1.29 is 9.59 Å². The van der Waals surface area contributed by atoms with Crippen molar-refractivity contribution in [3.05, 3.63) is 90.1 Å². The molecule has 0 unspecified atom stereocenters. The lowest BCUT2D eigenvalue weighted by Crippen LogP contribution is -2.31. The standard InChI is InChI=1S/C23H23N3O2/c1-17(2)22(27)25-20-12-8-11-19(15-20)23(28)26(21-13-6-7-14-24-21)16-18-9-4-3-5-10-18/h3-15,17H,16H2,1-2H3,(H,25,27). The van der Waals surface area contributed by atoms with E-state index in [1.165, 1.54) is 0 Å². The lowest BCUT2D eigenvalue weighted by atomic mass is 10.1. The molecule has 1 N–H and O–H groups in total. The number of hydrogen-bond acceptors (Lipinski definition) is 3. The predicted molar refractivity (Wildman–Crippen MR) is 111 cm³/mol. The van der Waals surface area contributed by atoms with Crippen molar-refractivity contribution in [2.24, 2.45) is 5.92 Å². The van der Waals surface area contributed by atoms with E-state index in [1.54, 1.807) is 35.4 Å². The van der Waals surface area contributed by atoms with Gasteiger partial charge in [-0.2, -0.15) is 0 Å². The molecule has 28 heavy (non-hydrogen) atoms. The van der Waals surface area contributed by atoms with E-state index in [4.69, 9.17) is 0 Å². The summed E-state index contributed by atoms with van der Waals surface area (Å²) >= 11 is 0. The Bertz CT molecular complexity index is 940. The highest BCUT2D eigenvalue weighted by molar-refractivity contribution is 6.06. The van der Waals surface area contributed by atoms with Gasteiger partial charge in [0.2, 0.25) is 5.91 Å². The summed E-state index contributed by atoms with van der Waals surface area (Å²) in [4.78, 5) is 31.3. The molecule has 0 aliphatic carbocycles. The normalized spacial score (nSPS) is 10.5. The first kappa shape index (κ1) is 19.3. The van der Waals surface area contributed by atoms with Crippen LogP contribution in [0.15, 0.2) is 79.0 Å². The lowest BCUT2D eigenvalue weighted by molar-refractivity contribution is -0.118. The van der Waals surface area contributed by atoms with Crippen molar-refractivity contribution in [1.82, 2.24) is 4.98 Å². The minimum atomic E-state index is -0.178. The molecule has 5 heteroatoms. The lowest BCUT2D eigenvalue weighted by Gasteiger charge is -2.22. The van der Waals surface area contributed by atoms with Crippen LogP contribution in [0.25, 0.3) is 0 Å². The second-order valence-electron chi connectivity index (χ2n) is 6.79. The highest BCUT2D eigenvalue weighted by atomic mass is 16.2. The number of rotatable bonds is 6. The quantitative estimate of drug-likeness (QED) is 0.691. The number of benzene rings is 2. The van der Waals surface area contributed by atoms with Gasteiger partial charge >= 0.3 is 0 Å². The molecule has 2 aromatic carbocycles. The average Bonchev–Trinajstić information content (AvgIpc) is 2.73. The SMILES string of the molecule is CC(C)C(=O)Nc1cccc(C(=O)N(Cc2ccccc2)c2ccccn2)c1. The topological polar surface area (TPSA) is 62.3 Å². The Morgan fingerprint density at radius 2 is 1.71 bits per heavy atom. The predicted octanol–water partition coefficient (Wildman–Crippen LogP) is 4.52. The molecule has 0 saturated carbocycles. The van der Waals surface area contributed by atoms with Crippen LogP contribution in [0.1, 0.15) is 29.8 Å². The summed E-state index contributed by atoms with van der Waals surface area (Å²) in [5.41, 5.74) is 2.10. The van der Waals surface area contributed by atoms with Crippen LogP contribution in [0.4, 0.5) is 11.5 Å². The molecular formula is C23H23N3O2. The van der Waals surface area contributed by atoms with Crippen LogP contribution >= 0.6 is 0 Å². The van der Waals surface area contributed by atoms with E-state index in [1.807, 2.05) is 62.4 Å². The first-order valence-electron chi connectivity index (χ1n) is 9.22. The van der Waals surface area contributed by atoms with Gasteiger partial charge in [-0.05, 0) is 35.9 Å². The van der Waals surface area contributed by atoms with E-state index in [0.29, 0.717) is 23.6 Å². The summed E-state index contributed by atoms with van der Waals surface area (Å²) < 4.78 is 0. The van der Waals surface area contributed by atoms with Gasteiger partial charge in [0.15, 0.2) is 0 Å². The molecule has 0 fully saturated rings. The highest BCUT2D eigenvalue weighted by Gasteiger charge is 2.20. The molecule has 1 aromatic heterocycles. The molecule has 2 amide bonds. The van der Waals surface area contributed by atoms with Crippen LogP contribution in [-0.4, -0.2) is 16.8 Å². The molecular weight excluding hydrogens is 350 g/mol. The van der Waals surface area contributed by atoms with Gasteiger partial charge in [-0.25, -0.2) is 4.98 Å². The fraction of sp³-hybridized carbons (Fsp3) is 0.174. The smallest absolute Gasteiger partial charge is 0.259 e. The summed E-state index contributed by atoms with van der Waals surface area (Å²) in [6.45, 7) is 4.05. The Morgan fingerprint density at radius 1 is 0.964 bits per heavy atom. The molecule has 3 aromatic rings. The average molecular weight is 373 g/mol. The van der Waals surface area contributed by atoms with Gasteiger partial charge in [-0.15, -0.1) is 0 Å². The fourth-order valence-electron chi connectivity index (χ4n) is 2.71. The van der Waals surface area contributed by atoms with Crippen molar-refractivity contribution >= 4 is 23.3 Å². The van der Waals surface area contributed by atoms with Crippen molar-refractivity contribution in [2.75, 3.05) is 10.2 Å². The summed E-state index contributed by atoms with van der Waals surface area (Å²) in [6, 6.07) is 22.2. The molecule has 0 spiro atoms. The maximum atomic E-state index is 13.3. The number of hydrogen-bond donors (Lipinski definition) is 1. The van der Waals surface area contributed by atoms with E-state index < -0.39 is 0 Å². The van der Waals surface area contributed by atoms with Gasteiger partial charge in [-0.1, -0.05) is 56.3 Å². The van der Waals surface area contributed by atoms with Crippen LogP contribution in [0.3, 0.4) is 0 Å². The molecule has 3 rings (SSSR count). The maximum absolute atomic E-state index is 13.3. The van der Waals surface area contributed by atoms with Crippen molar-refractivity contribution in [3.8, 4) is 0 Å².